The monoisotopic (exact) mass is 419 g/mol. The van der Waals surface area contributed by atoms with Gasteiger partial charge in [0, 0.05) is 44.4 Å². The van der Waals surface area contributed by atoms with Crippen molar-refractivity contribution in [3.8, 4) is 0 Å². The molecular formula is C19H25N5O4S. The number of aromatic amines is 1. The highest BCUT2D eigenvalue weighted by Gasteiger charge is 2.29. The number of rotatable bonds is 5. The molecule has 1 aliphatic heterocycles. The fourth-order valence-electron chi connectivity index (χ4n) is 3.27. The van der Waals surface area contributed by atoms with E-state index >= 15 is 0 Å². The van der Waals surface area contributed by atoms with Crippen LogP contribution in [0.15, 0.2) is 29.2 Å². The third kappa shape index (κ3) is 4.65. The Balaban J connectivity index is 1.63. The van der Waals surface area contributed by atoms with Gasteiger partial charge in [-0.05, 0) is 38.1 Å². The Kier molecular flexibility index (Phi) is 6.04. The van der Waals surface area contributed by atoms with Crippen LogP contribution < -0.4 is 5.32 Å². The molecule has 2 amide bonds. The zero-order valence-corrected chi connectivity index (χ0v) is 17.5. The first-order valence-electron chi connectivity index (χ1n) is 9.34. The van der Waals surface area contributed by atoms with Crippen molar-refractivity contribution in [2.24, 2.45) is 0 Å². The predicted molar refractivity (Wildman–Crippen MR) is 107 cm³/mol. The molecule has 2 N–H and O–H groups in total. The fourth-order valence-corrected chi connectivity index (χ4v) is 4.69. The lowest BCUT2D eigenvalue weighted by Crippen LogP contribution is -2.49. The van der Waals surface area contributed by atoms with Crippen LogP contribution in [0.5, 0.6) is 0 Å². The van der Waals surface area contributed by atoms with E-state index in [2.05, 4.69) is 15.3 Å². The Morgan fingerprint density at radius 1 is 1.10 bits per heavy atom. The standard InChI is InChI=1S/C19H25N5O4S/c1-13-18(22-14(2)21-13)12-20-19(26)16-4-6-17(7-5-16)29(27,28)24-10-8-23(9-11-24)15(3)25/h4-7H,8-12H2,1-3H3,(H,20,26)(H,21,22). The van der Waals surface area contributed by atoms with Gasteiger partial charge < -0.3 is 15.2 Å². The van der Waals surface area contributed by atoms with Crippen LogP contribution in [0.3, 0.4) is 0 Å². The minimum Gasteiger partial charge on any atom is -0.346 e. The van der Waals surface area contributed by atoms with Crippen LogP contribution in [-0.4, -0.2) is 65.6 Å². The van der Waals surface area contributed by atoms with Crippen molar-refractivity contribution in [1.29, 1.82) is 0 Å². The van der Waals surface area contributed by atoms with Crippen molar-refractivity contribution in [3.63, 3.8) is 0 Å². The van der Waals surface area contributed by atoms with Gasteiger partial charge in [-0.1, -0.05) is 0 Å². The van der Waals surface area contributed by atoms with Crippen LogP contribution in [0.1, 0.15) is 34.5 Å². The summed E-state index contributed by atoms with van der Waals surface area (Å²) < 4.78 is 27.0. The fraction of sp³-hybridized carbons (Fsp3) is 0.421. The van der Waals surface area contributed by atoms with E-state index in [0.29, 0.717) is 18.7 Å². The molecule has 2 heterocycles. The number of benzene rings is 1. The number of aryl methyl sites for hydroxylation is 2. The van der Waals surface area contributed by atoms with E-state index in [-0.39, 0.29) is 36.3 Å². The zero-order chi connectivity index (χ0) is 21.2. The predicted octanol–water partition coefficient (Wildman–Crippen LogP) is 0.809. The lowest BCUT2D eigenvalue weighted by Gasteiger charge is -2.33. The number of amides is 2. The number of piperazine rings is 1. The van der Waals surface area contributed by atoms with Crippen molar-refractivity contribution in [2.75, 3.05) is 26.2 Å². The smallest absolute Gasteiger partial charge is 0.251 e. The summed E-state index contributed by atoms with van der Waals surface area (Å²) in [7, 11) is -3.66. The van der Waals surface area contributed by atoms with Crippen molar-refractivity contribution in [3.05, 3.63) is 47.0 Å². The largest absolute Gasteiger partial charge is 0.346 e. The molecule has 0 radical (unpaired) electrons. The summed E-state index contributed by atoms with van der Waals surface area (Å²) >= 11 is 0. The average Bonchev–Trinajstić information content (AvgIpc) is 3.03. The number of hydrogen-bond acceptors (Lipinski definition) is 5. The molecule has 3 rings (SSSR count). The third-order valence-electron chi connectivity index (χ3n) is 4.96. The number of nitrogens with one attached hydrogen (secondary N) is 2. The zero-order valence-electron chi connectivity index (χ0n) is 16.7. The quantitative estimate of drug-likeness (QED) is 0.744. The van der Waals surface area contributed by atoms with E-state index in [1.807, 2.05) is 13.8 Å². The van der Waals surface area contributed by atoms with E-state index < -0.39 is 10.0 Å². The summed E-state index contributed by atoms with van der Waals surface area (Å²) in [5, 5.41) is 2.79. The van der Waals surface area contributed by atoms with E-state index in [4.69, 9.17) is 0 Å². The molecule has 29 heavy (non-hydrogen) atoms. The minimum absolute atomic E-state index is 0.0578. The Morgan fingerprint density at radius 3 is 2.24 bits per heavy atom. The number of imidazole rings is 1. The molecule has 0 bridgehead atoms. The molecule has 1 aromatic heterocycles. The van der Waals surface area contributed by atoms with Crippen LogP contribution >= 0.6 is 0 Å². The maximum Gasteiger partial charge on any atom is 0.251 e. The summed E-state index contributed by atoms with van der Waals surface area (Å²) in [5.41, 5.74) is 2.03. The molecule has 0 unspecified atom stereocenters. The molecule has 1 aliphatic rings. The first-order valence-corrected chi connectivity index (χ1v) is 10.8. The topological polar surface area (TPSA) is 115 Å². The maximum absolute atomic E-state index is 12.8. The number of carbonyl (C=O) groups is 2. The number of hydrogen-bond donors (Lipinski definition) is 2. The lowest BCUT2D eigenvalue weighted by atomic mass is 10.2. The molecule has 0 aliphatic carbocycles. The highest BCUT2D eigenvalue weighted by molar-refractivity contribution is 7.89. The van der Waals surface area contributed by atoms with Gasteiger partial charge >= 0.3 is 0 Å². The van der Waals surface area contributed by atoms with Gasteiger partial charge in [0.15, 0.2) is 0 Å². The van der Waals surface area contributed by atoms with Gasteiger partial charge in [-0.15, -0.1) is 0 Å². The second-order valence-electron chi connectivity index (χ2n) is 7.01. The molecule has 1 aromatic carbocycles. The average molecular weight is 420 g/mol. The normalized spacial score (nSPS) is 15.3. The molecule has 156 valence electrons. The summed E-state index contributed by atoms with van der Waals surface area (Å²) in [6.45, 7) is 6.76. The molecule has 0 spiro atoms. The second-order valence-corrected chi connectivity index (χ2v) is 8.95. The molecule has 1 fully saturated rings. The summed E-state index contributed by atoms with van der Waals surface area (Å²) in [6, 6.07) is 5.87. The lowest BCUT2D eigenvalue weighted by molar-refractivity contribution is -0.129. The van der Waals surface area contributed by atoms with Gasteiger partial charge in [-0.2, -0.15) is 4.31 Å². The van der Waals surface area contributed by atoms with Crippen LogP contribution in [0.25, 0.3) is 0 Å². The molecule has 2 aromatic rings. The van der Waals surface area contributed by atoms with Crippen molar-refractivity contribution >= 4 is 21.8 Å². The third-order valence-corrected chi connectivity index (χ3v) is 6.87. The number of carbonyl (C=O) groups excluding carboxylic acids is 2. The molecule has 1 saturated heterocycles. The molecular weight excluding hydrogens is 394 g/mol. The number of H-pyrrole nitrogens is 1. The Morgan fingerprint density at radius 2 is 1.72 bits per heavy atom. The number of nitrogens with zero attached hydrogens (tertiary/aromatic N) is 3. The van der Waals surface area contributed by atoms with Crippen LogP contribution in [0.4, 0.5) is 0 Å². The second kappa shape index (κ2) is 8.34. The molecule has 0 saturated carbocycles. The first-order chi connectivity index (χ1) is 13.7. The van der Waals surface area contributed by atoms with Gasteiger partial charge in [-0.25, -0.2) is 13.4 Å². The minimum atomic E-state index is -3.66. The van der Waals surface area contributed by atoms with Crippen LogP contribution in [-0.2, 0) is 21.4 Å². The summed E-state index contributed by atoms with van der Waals surface area (Å²) in [6.07, 6.45) is 0. The van der Waals surface area contributed by atoms with Crippen molar-refractivity contribution in [1.82, 2.24) is 24.5 Å². The highest BCUT2D eigenvalue weighted by atomic mass is 32.2. The van der Waals surface area contributed by atoms with Crippen molar-refractivity contribution in [2.45, 2.75) is 32.2 Å². The SMILES string of the molecule is CC(=O)N1CCN(S(=O)(=O)c2ccc(C(=O)NCc3nc(C)[nH]c3C)cc2)CC1. The van der Waals surface area contributed by atoms with E-state index in [0.717, 1.165) is 17.2 Å². The van der Waals surface area contributed by atoms with Gasteiger partial charge in [0.2, 0.25) is 15.9 Å². The number of aromatic nitrogens is 2. The highest BCUT2D eigenvalue weighted by Crippen LogP contribution is 2.18. The Labute approximate surface area is 170 Å². The maximum atomic E-state index is 12.8. The van der Waals surface area contributed by atoms with Crippen molar-refractivity contribution < 1.29 is 18.0 Å². The Bertz CT molecular complexity index is 1010. The van der Waals surface area contributed by atoms with Crippen LogP contribution in [0, 0.1) is 13.8 Å². The number of sulfonamides is 1. The summed E-state index contributed by atoms with van der Waals surface area (Å²) in [4.78, 5) is 32.9. The van der Waals surface area contributed by atoms with Gasteiger partial charge in [-0.3, -0.25) is 9.59 Å². The Hall–Kier alpha value is -2.72. The molecule has 0 atom stereocenters. The van der Waals surface area contributed by atoms with E-state index in [9.17, 15) is 18.0 Å². The van der Waals surface area contributed by atoms with E-state index in [1.54, 1.807) is 4.90 Å². The van der Waals surface area contributed by atoms with Gasteiger partial charge in [0.05, 0.1) is 17.1 Å². The van der Waals surface area contributed by atoms with Gasteiger partial charge in [0.1, 0.15) is 5.82 Å². The van der Waals surface area contributed by atoms with E-state index in [1.165, 1.54) is 35.5 Å². The summed E-state index contributed by atoms with van der Waals surface area (Å²) in [5.74, 6) is 0.423. The van der Waals surface area contributed by atoms with Gasteiger partial charge in [0.25, 0.3) is 5.91 Å². The molecule has 9 nitrogen and oxygen atoms in total. The first kappa shape index (κ1) is 21.0. The van der Waals surface area contributed by atoms with Crippen LogP contribution in [0.2, 0.25) is 0 Å². The molecule has 10 heteroatoms.